The van der Waals surface area contributed by atoms with Crippen LogP contribution in [-0.4, -0.2) is 61.6 Å². The van der Waals surface area contributed by atoms with E-state index >= 15 is 0 Å². The number of nitrogens with zero attached hydrogens (tertiary/aromatic N) is 3. The minimum atomic E-state index is -0.369. The molecule has 0 bridgehead atoms. The van der Waals surface area contributed by atoms with Gasteiger partial charge >= 0.3 is 0 Å². The number of nitrogens with one attached hydrogen (secondary N) is 1. The summed E-state index contributed by atoms with van der Waals surface area (Å²) < 4.78 is 11.0. The quantitative estimate of drug-likeness (QED) is 0.641. The maximum Gasteiger partial charge on any atom is 0.276 e. The van der Waals surface area contributed by atoms with E-state index < -0.39 is 0 Å². The van der Waals surface area contributed by atoms with Crippen molar-refractivity contribution in [2.75, 3.05) is 50.1 Å². The first-order chi connectivity index (χ1) is 15.5. The molecule has 0 spiro atoms. The van der Waals surface area contributed by atoms with Crippen molar-refractivity contribution in [3.05, 3.63) is 66.1 Å². The van der Waals surface area contributed by atoms with Gasteiger partial charge in [-0.05, 0) is 43.3 Å². The summed E-state index contributed by atoms with van der Waals surface area (Å²) in [6, 6.07) is 17.0. The summed E-state index contributed by atoms with van der Waals surface area (Å²) in [5, 5.41) is 2.84. The predicted molar refractivity (Wildman–Crippen MR) is 122 cm³/mol. The fourth-order valence-corrected chi connectivity index (χ4v) is 3.54. The Labute approximate surface area is 186 Å². The second-order valence-electron chi connectivity index (χ2n) is 7.65. The Hall–Kier alpha value is -3.65. The average Bonchev–Trinajstić information content (AvgIpc) is 3.21. The molecule has 8 nitrogen and oxygen atoms in total. The van der Waals surface area contributed by atoms with Gasteiger partial charge in [0, 0.05) is 37.1 Å². The molecule has 1 aromatic heterocycles. The second kappa shape index (κ2) is 9.65. The van der Waals surface area contributed by atoms with Crippen LogP contribution >= 0.6 is 0 Å². The van der Waals surface area contributed by atoms with E-state index in [1.54, 1.807) is 14.0 Å². The Kier molecular flexibility index (Phi) is 6.51. The zero-order chi connectivity index (χ0) is 22.5. The SMILES string of the molecule is Cc1oc(-c2ccccc2)nc1C(=O)N(C)CC(=O)Nc1ccc(N2CCOCC2)cc1. The average molecular weight is 434 g/mol. The minimum Gasteiger partial charge on any atom is -0.441 e. The summed E-state index contributed by atoms with van der Waals surface area (Å²) in [4.78, 5) is 33.2. The molecule has 0 atom stereocenters. The largest absolute Gasteiger partial charge is 0.441 e. The van der Waals surface area contributed by atoms with Crippen molar-refractivity contribution in [3.63, 3.8) is 0 Å². The fraction of sp³-hybridized carbons (Fsp3) is 0.292. The third kappa shape index (κ3) is 4.97. The van der Waals surface area contributed by atoms with Crippen molar-refractivity contribution in [1.82, 2.24) is 9.88 Å². The van der Waals surface area contributed by atoms with Gasteiger partial charge in [-0.15, -0.1) is 0 Å². The molecule has 2 aromatic carbocycles. The Balaban J connectivity index is 1.35. The van der Waals surface area contributed by atoms with Crippen LogP contribution in [0.5, 0.6) is 0 Å². The first-order valence-corrected chi connectivity index (χ1v) is 10.5. The molecule has 166 valence electrons. The van der Waals surface area contributed by atoms with Crippen molar-refractivity contribution in [2.45, 2.75) is 6.92 Å². The molecule has 0 saturated carbocycles. The van der Waals surface area contributed by atoms with Crippen LogP contribution < -0.4 is 10.2 Å². The lowest BCUT2D eigenvalue weighted by Gasteiger charge is -2.28. The number of aromatic nitrogens is 1. The number of amides is 2. The van der Waals surface area contributed by atoms with Crippen molar-refractivity contribution in [2.24, 2.45) is 0 Å². The molecule has 32 heavy (non-hydrogen) atoms. The summed E-state index contributed by atoms with van der Waals surface area (Å²) in [6.07, 6.45) is 0. The van der Waals surface area contributed by atoms with Gasteiger partial charge in [-0.3, -0.25) is 9.59 Å². The van der Waals surface area contributed by atoms with Crippen LogP contribution in [0.3, 0.4) is 0 Å². The molecule has 0 aliphatic carbocycles. The van der Waals surface area contributed by atoms with Gasteiger partial charge in [0.05, 0.1) is 19.8 Å². The summed E-state index contributed by atoms with van der Waals surface area (Å²) in [6.45, 7) is 4.74. The van der Waals surface area contributed by atoms with E-state index in [1.807, 2.05) is 54.6 Å². The van der Waals surface area contributed by atoms with Crippen LogP contribution in [0, 0.1) is 6.92 Å². The molecule has 0 radical (unpaired) electrons. The molecule has 4 rings (SSSR count). The van der Waals surface area contributed by atoms with Crippen molar-refractivity contribution >= 4 is 23.2 Å². The molecule has 1 saturated heterocycles. The molecule has 2 heterocycles. The van der Waals surface area contributed by atoms with Gasteiger partial charge in [0.15, 0.2) is 5.69 Å². The van der Waals surface area contributed by atoms with Crippen LogP contribution in [0.4, 0.5) is 11.4 Å². The molecular formula is C24H26N4O4. The minimum absolute atomic E-state index is 0.100. The van der Waals surface area contributed by atoms with Crippen molar-refractivity contribution < 1.29 is 18.7 Å². The van der Waals surface area contributed by atoms with Crippen molar-refractivity contribution in [1.29, 1.82) is 0 Å². The summed E-state index contributed by atoms with van der Waals surface area (Å²) in [7, 11) is 1.57. The first-order valence-electron chi connectivity index (χ1n) is 10.5. The number of morpholine rings is 1. The molecule has 3 aromatic rings. The number of anilines is 2. The highest BCUT2D eigenvalue weighted by Crippen LogP contribution is 2.22. The second-order valence-corrected chi connectivity index (χ2v) is 7.65. The predicted octanol–water partition coefficient (Wildman–Crippen LogP) is 3.20. The number of hydrogen-bond acceptors (Lipinski definition) is 6. The first kappa shape index (κ1) is 21.6. The Morgan fingerprint density at radius 2 is 1.75 bits per heavy atom. The number of aryl methyl sites for hydroxylation is 1. The number of oxazole rings is 1. The van der Waals surface area contributed by atoms with Crippen LogP contribution in [0.15, 0.2) is 59.0 Å². The van der Waals surface area contributed by atoms with E-state index in [9.17, 15) is 9.59 Å². The van der Waals surface area contributed by atoms with E-state index in [0.29, 0.717) is 17.3 Å². The van der Waals surface area contributed by atoms with E-state index in [4.69, 9.17) is 9.15 Å². The van der Waals surface area contributed by atoms with Crippen LogP contribution in [0.1, 0.15) is 16.2 Å². The zero-order valence-corrected chi connectivity index (χ0v) is 18.2. The fourth-order valence-electron chi connectivity index (χ4n) is 3.54. The number of carbonyl (C=O) groups is 2. The van der Waals surface area contributed by atoms with Gasteiger partial charge in [-0.2, -0.15) is 0 Å². The number of benzene rings is 2. The maximum absolute atomic E-state index is 12.8. The lowest BCUT2D eigenvalue weighted by molar-refractivity contribution is -0.116. The molecule has 1 fully saturated rings. The standard InChI is InChI=1S/C24H26N4O4/c1-17-22(26-23(32-17)18-6-4-3-5-7-18)24(30)27(2)16-21(29)25-19-8-10-20(11-9-19)28-12-14-31-15-13-28/h3-11H,12-16H2,1-2H3,(H,25,29). The van der Waals surface area contributed by atoms with Crippen molar-refractivity contribution in [3.8, 4) is 11.5 Å². The van der Waals surface area contributed by atoms with Gasteiger partial charge in [0.1, 0.15) is 5.76 Å². The van der Waals surface area contributed by atoms with Gasteiger partial charge in [-0.1, -0.05) is 18.2 Å². The van der Waals surface area contributed by atoms with Crippen LogP contribution in [0.25, 0.3) is 11.5 Å². The molecule has 8 heteroatoms. The smallest absolute Gasteiger partial charge is 0.276 e. The van der Waals surface area contributed by atoms with Gasteiger partial charge in [0.2, 0.25) is 11.8 Å². The molecule has 1 aliphatic heterocycles. The Morgan fingerprint density at radius 3 is 2.44 bits per heavy atom. The van der Waals surface area contributed by atoms with E-state index in [-0.39, 0.29) is 24.1 Å². The molecule has 1 aliphatic rings. The Bertz CT molecular complexity index is 1070. The maximum atomic E-state index is 12.8. The Morgan fingerprint density at radius 1 is 1.06 bits per heavy atom. The normalized spacial score (nSPS) is 13.6. The topological polar surface area (TPSA) is 87.9 Å². The highest BCUT2D eigenvalue weighted by Gasteiger charge is 2.23. The van der Waals surface area contributed by atoms with Gasteiger partial charge in [0.25, 0.3) is 5.91 Å². The van der Waals surface area contributed by atoms with Crippen LogP contribution in [0.2, 0.25) is 0 Å². The molecular weight excluding hydrogens is 408 g/mol. The molecule has 0 unspecified atom stereocenters. The third-order valence-electron chi connectivity index (χ3n) is 5.27. The lowest BCUT2D eigenvalue weighted by Crippen LogP contribution is -2.36. The van der Waals surface area contributed by atoms with E-state index in [2.05, 4.69) is 15.2 Å². The number of likely N-dealkylation sites (N-methyl/N-ethyl adjacent to an activating group) is 1. The lowest BCUT2D eigenvalue weighted by atomic mass is 10.2. The number of ether oxygens (including phenoxy) is 1. The van der Waals surface area contributed by atoms with E-state index in [1.165, 1.54) is 4.90 Å². The number of hydrogen-bond donors (Lipinski definition) is 1. The van der Waals surface area contributed by atoms with Gasteiger partial charge in [-0.25, -0.2) is 4.98 Å². The number of carbonyl (C=O) groups excluding carboxylic acids is 2. The monoisotopic (exact) mass is 434 g/mol. The molecule has 1 N–H and O–H groups in total. The zero-order valence-electron chi connectivity index (χ0n) is 18.2. The summed E-state index contributed by atoms with van der Waals surface area (Å²) in [5.74, 6) is 0.139. The number of rotatable bonds is 6. The summed E-state index contributed by atoms with van der Waals surface area (Å²) in [5.41, 5.74) is 2.76. The van der Waals surface area contributed by atoms with E-state index in [0.717, 1.165) is 37.6 Å². The third-order valence-corrected chi connectivity index (χ3v) is 5.27. The van der Waals surface area contributed by atoms with Gasteiger partial charge < -0.3 is 24.3 Å². The van der Waals surface area contributed by atoms with Crippen LogP contribution in [-0.2, 0) is 9.53 Å². The highest BCUT2D eigenvalue weighted by atomic mass is 16.5. The summed E-state index contributed by atoms with van der Waals surface area (Å²) >= 11 is 0. The highest BCUT2D eigenvalue weighted by molar-refractivity contribution is 5.99. The molecule has 2 amide bonds.